The number of halogens is 3. The highest BCUT2D eigenvalue weighted by Crippen LogP contribution is 2.43. The summed E-state index contributed by atoms with van der Waals surface area (Å²) in [6.45, 7) is 2.30. The van der Waals surface area contributed by atoms with Crippen molar-refractivity contribution in [3.8, 4) is 5.75 Å². The van der Waals surface area contributed by atoms with Gasteiger partial charge in [-0.2, -0.15) is 0 Å². The van der Waals surface area contributed by atoms with Crippen LogP contribution in [0.5, 0.6) is 5.75 Å². The first-order chi connectivity index (χ1) is 15.4. The van der Waals surface area contributed by atoms with Gasteiger partial charge in [-0.1, -0.05) is 83.3 Å². The molecule has 1 nitrogen and oxygen atoms in total. The highest BCUT2D eigenvalue weighted by molar-refractivity contribution is 5.27. The van der Waals surface area contributed by atoms with E-state index in [0.29, 0.717) is 0 Å². The number of unbranched alkanes of at least 4 members (excludes halogenated alkanes) is 3. The standard InChI is InChI=1S/C28H43F3O/c1-2-3-4-7-22-10-16-25(17-11-22)26-18-12-23(13-19-26)8-5-6-9-24-14-20-27(21-15-24)32-28(29,30)31/h14-15,20-23,25-26H,2-13,16-19H2,1H3/t22-,23?,25-,26?. The molecule has 0 amide bonds. The smallest absolute Gasteiger partial charge is 0.406 e. The van der Waals surface area contributed by atoms with E-state index in [-0.39, 0.29) is 5.75 Å². The molecule has 0 N–H and O–H groups in total. The van der Waals surface area contributed by atoms with Gasteiger partial charge in [0.2, 0.25) is 0 Å². The molecule has 2 saturated carbocycles. The molecule has 1 aromatic carbocycles. The van der Waals surface area contributed by atoms with Gasteiger partial charge in [0.25, 0.3) is 0 Å². The molecule has 2 fully saturated rings. The summed E-state index contributed by atoms with van der Waals surface area (Å²) in [4.78, 5) is 0. The summed E-state index contributed by atoms with van der Waals surface area (Å²) in [7, 11) is 0. The molecule has 0 heterocycles. The van der Waals surface area contributed by atoms with Crippen LogP contribution in [0.2, 0.25) is 0 Å². The fourth-order valence-electron chi connectivity index (χ4n) is 6.20. The minimum atomic E-state index is -4.62. The lowest BCUT2D eigenvalue weighted by Crippen LogP contribution is -2.25. The number of benzene rings is 1. The minimum Gasteiger partial charge on any atom is -0.406 e. The van der Waals surface area contributed by atoms with E-state index < -0.39 is 6.36 Å². The molecule has 0 radical (unpaired) electrons. The Bertz CT molecular complexity index is 623. The summed E-state index contributed by atoms with van der Waals surface area (Å²) in [5, 5.41) is 0. The highest BCUT2D eigenvalue weighted by atomic mass is 19.4. The minimum absolute atomic E-state index is 0.136. The molecule has 2 aliphatic carbocycles. The fraction of sp³-hybridized carbons (Fsp3) is 0.786. The summed E-state index contributed by atoms with van der Waals surface area (Å²) in [6, 6.07) is 6.35. The Morgan fingerprint density at radius 1 is 0.719 bits per heavy atom. The Hall–Kier alpha value is -1.19. The van der Waals surface area contributed by atoms with Crippen molar-refractivity contribution < 1.29 is 17.9 Å². The molecule has 0 aromatic heterocycles. The topological polar surface area (TPSA) is 9.23 Å². The van der Waals surface area contributed by atoms with E-state index in [9.17, 15) is 13.2 Å². The highest BCUT2D eigenvalue weighted by Gasteiger charge is 2.31. The fourth-order valence-corrected chi connectivity index (χ4v) is 6.20. The predicted octanol–water partition coefficient (Wildman–Crippen LogP) is 9.49. The molecule has 0 bridgehead atoms. The largest absolute Gasteiger partial charge is 0.573 e. The summed E-state index contributed by atoms with van der Waals surface area (Å²) in [6.07, 6.45) is 17.3. The van der Waals surface area contributed by atoms with Crippen molar-refractivity contribution in [1.29, 1.82) is 0 Å². The SMILES string of the molecule is CCCCC[C@H]1CC[C@H](C2CCC(CCCCc3ccc(OC(F)(F)F)cc3)CC2)CC1. The average Bonchev–Trinajstić information content (AvgIpc) is 2.78. The molecular formula is C28H43F3O. The third-order valence-corrected chi connectivity index (χ3v) is 8.15. The predicted molar refractivity (Wildman–Crippen MR) is 126 cm³/mol. The first-order valence-electron chi connectivity index (χ1n) is 13.3. The number of ether oxygens (including phenoxy) is 1. The van der Waals surface area contributed by atoms with E-state index in [2.05, 4.69) is 11.7 Å². The zero-order valence-corrected chi connectivity index (χ0v) is 20.0. The molecule has 0 unspecified atom stereocenters. The average molecular weight is 453 g/mol. The maximum atomic E-state index is 12.2. The second kappa shape index (κ2) is 12.9. The van der Waals surface area contributed by atoms with E-state index >= 15 is 0 Å². The van der Waals surface area contributed by atoms with Gasteiger partial charge in [0, 0.05) is 0 Å². The summed E-state index contributed by atoms with van der Waals surface area (Å²) >= 11 is 0. The van der Waals surface area contributed by atoms with Gasteiger partial charge in [-0.3, -0.25) is 0 Å². The molecule has 4 heteroatoms. The summed E-state index contributed by atoms with van der Waals surface area (Å²) in [5.74, 6) is 3.76. The van der Waals surface area contributed by atoms with Gasteiger partial charge in [-0.15, -0.1) is 13.2 Å². The number of hydrogen-bond donors (Lipinski definition) is 0. The second-order valence-corrected chi connectivity index (χ2v) is 10.5. The Labute approximate surface area is 193 Å². The molecular weight excluding hydrogens is 409 g/mol. The van der Waals surface area contributed by atoms with Gasteiger partial charge in [-0.25, -0.2) is 0 Å². The Morgan fingerprint density at radius 2 is 1.22 bits per heavy atom. The van der Waals surface area contributed by atoms with Gasteiger partial charge in [-0.05, 0) is 79.9 Å². The van der Waals surface area contributed by atoms with Crippen LogP contribution in [0.25, 0.3) is 0 Å². The summed E-state index contributed by atoms with van der Waals surface area (Å²) in [5.41, 5.74) is 1.09. The molecule has 2 aliphatic rings. The van der Waals surface area contributed by atoms with E-state index in [4.69, 9.17) is 0 Å². The summed E-state index contributed by atoms with van der Waals surface area (Å²) < 4.78 is 40.7. The van der Waals surface area contributed by atoms with E-state index in [1.54, 1.807) is 12.1 Å². The Kier molecular flexibility index (Phi) is 10.2. The van der Waals surface area contributed by atoms with Crippen LogP contribution in [0.15, 0.2) is 24.3 Å². The van der Waals surface area contributed by atoms with Crippen molar-refractivity contribution in [1.82, 2.24) is 0 Å². The van der Waals surface area contributed by atoms with Crippen molar-refractivity contribution in [3.63, 3.8) is 0 Å². The van der Waals surface area contributed by atoms with Crippen molar-refractivity contribution in [3.05, 3.63) is 29.8 Å². The van der Waals surface area contributed by atoms with Crippen LogP contribution in [0.3, 0.4) is 0 Å². The first-order valence-corrected chi connectivity index (χ1v) is 13.3. The maximum absolute atomic E-state index is 12.2. The molecule has 3 rings (SSSR count). The molecule has 32 heavy (non-hydrogen) atoms. The zero-order valence-electron chi connectivity index (χ0n) is 20.0. The van der Waals surface area contributed by atoms with E-state index in [1.807, 2.05) is 0 Å². The number of alkyl halides is 3. The van der Waals surface area contributed by atoms with Crippen LogP contribution < -0.4 is 4.74 Å². The number of hydrogen-bond acceptors (Lipinski definition) is 1. The van der Waals surface area contributed by atoms with Crippen LogP contribution in [-0.4, -0.2) is 6.36 Å². The van der Waals surface area contributed by atoms with Gasteiger partial charge >= 0.3 is 6.36 Å². The van der Waals surface area contributed by atoms with Crippen LogP contribution >= 0.6 is 0 Å². The van der Waals surface area contributed by atoms with Crippen LogP contribution in [0.1, 0.15) is 109 Å². The third-order valence-electron chi connectivity index (χ3n) is 8.15. The number of aryl methyl sites for hydroxylation is 1. The normalized spacial score (nSPS) is 26.8. The Balaban J connectivity index is 1.25. The molecule has 1 aromatic rings. The lowest BCUT2D eigenvalue weighted by atomic mass is 9.68. The van der Waals surface area contributed by atoms with Crippen molar-refractivity contribution in [2.75, 3.05) is 0 Å². The monoisotopic (exact) mass is 452 g/mol. The van der Waals surface area contributed by atoms with E-state index in [0.717, 1.165) is 42.1 Å². The first kappa shape index (κ1) is 25.4. The molecule has 0 aliphatic heterocycles. The van der Waals surface area contributed by atoms with Gasteiger partial charge in [0.15, 0.2) is 0 Å². The molecule has 0 atom stereocenters. The van der Waals surface area contributed by atoms with Crippen molar-refractivity contribution in [2.45, 2.75) is 116 Å². The molecule has 0 saturated heterocycles. The number of rotatable bonds is 11. The van der Waals surface area contributed by atoms with Gasteiger partial charge < -0.3 is 4.74 Å². The lowest BCUT2D eigenvalue weighted by Gasteiger charge is -2.38. The molecule has 0 spiro atoms. The quantitative estimate of drug-likeness (QED) is 0.304. The van der Waals surface area contributed by atoms with Crippen LogP contribution in [0.4, 0.5) is 13.2 Å². The van der Waals surface area contributed by atoms with Crippen LogP contribution in [-0.2, 0) is 6.42 Å². The lowest BCUT2D eigenvalue weighted by molar-refractivity contribution is -0.274. The third kappa shape index (κ3) is 8.98. The van der Waals surface area contributed by atoms with Gasteiger partial charge in [0.1, 0.15) is 5.75 Å². The van der Waals surface area contributed by atoms with Crippen LogP contribution in [0, 0.1) is 23.7 Å². The van der Waals surface area contributed by atoms with Gasteiger partial charge in [0.05, 0.1) is 0 Å². The Morgan fingerprint density at radius 3 is 1.69 bits per heavy atom. The molecule has 182 valence electrons. The maximum Gasteiger partial charge on any atom is 0.573 e. The van der Waals surface area contributed by atoms with Crippen molar-refractivity contribution in [2.24, 2.45) is 23.7 Å². The van der Waals surface area contributed by atoms with E-state index in [1.165, 1.54) is 102 Å². The second-order valence-electron chi connectivity index (χ2n) is 10.5. The zero-order chi connectivity index (χ0) is 22.8. The van der Waals surface area contributed by atoms with Crippen molar-refractivity contribution >= 4 is 0 Å².